The van der Waals surface area contributed by atoms with Crippen LogP contribution in [-0.4, -0.2) is 51.2 Å². The van der Waals surface area contributed by atoms with Crippen LogP contribution < -0.4 is 10.2 Å². The van der Waals surface area contributed by atoms with E-state index < -0.39 is 0 Å². The SMILES string of the molecule is CC1CNC(CN(C)C)CN(c2ccc(Br)cc2)C1. The highest BCUT2D eigenvalue weighted by molar-refractivity contribution is 9.10. The molecule has 0 amide bonds. The lowest BCUT2D eigenvalue weighted by Gasteiger charge is -2.28. The Morgan fingerprint density at radius 3 is 2.58 bits per heavy atom. The molecule has 19 heavy (non-hydrogen) atoms. The molecule has 1 aliphatic rings. The van der Waals surface area contributed by atoms with Crippen molar-refractivity contribution < 1.29 is 0 Å². The van der Waals surface area contributed by atoms with E-state index in [0.717, 1.165) is 30.7 Å². The van der Waals surface area contributed by atoms with Gasteiger partial charge in [-0.3, -0.25) is 0 Å². The summed E-state index contributed by atoms with van der Waals surface area (Å²) in [6, 6.07) is 9.19. The molecule has 0 saturated carbocycles. The lowest BCUT2D eigenvalue weighted by molar-refractivity contribution is 0.342. The number of likely N-dealkylation sites (N-methyl/N-ethyl adjacent to an activating group) is 1. The number of hydrogen-bond acceptors (Lipinski definition) is 3. The summed E-state index contributed by atoms with van der Waals surface area (Å²) in [6.07, 6.45) is 0. The van der Waals surface area contributed by atoms with Gasteiger partial charge >= 0.3 is 0 Å². The summed E-state index contributed by atoms with van der Waals surface area (Å²) in [4.78, 5) is 4.76. The van der Waals surface area contributed by atoms with Gasteiger partial charge < -0.3 is 15.1 Å². The van der Waals surface area contributed by atoms with Gasteiger partial charge in [0.05, 0.1) is 0 Å². The van der Waals surface area contributed by atoms with Crippen LogP contribution in [-0.2, 0) is 0 Å². The Balaban J connectivity index is 2.10. The van der Waals surface area contributed by atoms with E-state index in [4.69, 9.17) is 0 Å². The third kappa shape index (κ3) is 4.48. The Morgan fingerprint density at radius 2 is 1.95 bits per heavy atom. The second-order valence-electron chi connectivity index (χ2n) is 5.85. The van der Waals surface area contributed by atoms with Crippen LogP contribution in [0.25, 0.3) is 0 Å². The van der Waals surface area contributed by atoms with Crippen LogP contribution in [0, 0.1) is 5.92 Å². The fourth-order valence-corrected chi connectivity index (χ4v) is 2.90. The zero-order valence-corrected chi connectivity index (χ0v) is 13.7. The molecule has 0 spiro atoms. The zero-order valence-electron chi connectivity index (χ0n) is 12.1. The number of benzene rings is 1. The molecule has 0 aromatic heterocycles. The van der Waals surface area contributed by atoms with Gasteiger partial charge in [-0.25, -0.2) is 0 Å². The molecule has 2 unspecified atom stereocenters. The summed E-state index contributed by atoms with van der Waals surface area (Å²) in [5.41, 5.74) is 1.32. The monoisotopic (exact) mass is 325 g/mol. The highest BCUT2D eigenvalue weighted by Crippen LogP contribution is 2.21. The van der Waals surface area contributed by atoms with Crippen molar-refractivity contribution in [3.8, 4) is 0 Å². The number of nitrogens with one attached hydrogen (secondary N) is 1. The Morgan fingerprint density at radius 1 is 1.26 bits per heavy atom. The Bertz CT molecular complexity index is 391. The van der Waals surface area contributed by atoms with Crippen LogP contribution in [0.2, 0.25) is 0 Å². The number of rotatable bonds is 3. The van der Waals surface area contributed by atoms with Gasteiger partial charge in [0.1, 0.15) is 0 Å². The molecule has 1 N–H and O–H groups in total. The topological polar surface area (TPSA) is 18.5 Å². The first-order valence-corrected chi connectivity index (χ1v) is 7.72. The predicted molar refractivity (Wildman–Crippen MR) is 85.9 cm³/mol. The number of halogens is 1. The molecule has 1 heterocycles. The zero-order chi connectivity index (χ0) is 13.8. The molecular formula is C15H24BrN3. The summed E-state index contributed by atoms with van der Waals surface area (Å²) in [5.74, 6) is 0.677. The van der Waals surface area contributed by atoms with Gasteiger partial charge in [-0.2, -0.15) is 0 Å². The van der Waals surface area contributed by atoms with E-state index in [-0.39, 0.29) is 0 Å². The van der Waals surface area contributed by atoms with Gasteiger partial charge in [-0.1, -0.05) is 22.9 Å². The average Bonchev–Trinajstić information content (AvgIpc) is 2.52. The third-order valence-corrected chi connectivity index (χ3v) is 4.03. The fourth-order valence-electron chi connectivity index (χ4n) is 2.64. The largest absolute Gasteiger partial charge is 0.370 e. The van der Waals surface area contributed by atoms with E-state index in [2.05, 4.69) is 76.3 Å². The molecule has 2 atom stereocenters. The maximum atomic E-state index is 3.68. The highest BCUT2D eigenvalue weighted by atomic mass is 79.9. The quantitative estimate of drug-likeness (QED) is 0.920. The van der Waals surface area contributed by atoms with Gasteiger partial charge in [0.2, 0.25) is 0 Å². The van der Waals surface area contributed by atoms with Crippen LogP contribution >= 0.6 is 15.9 Å². The Kier molecular flexibility index (Phi) is 5.25. The summed E-state index contributed by atoms with van der Waals surface area (Å²) in [7, 11) is 4.28. The summed E-state index contributed by atoms with van der Waals surface area (Å²) in [6.45, 7) is 6.70. The lowest BCUT2D eigenvalue weighted by atomic mass is 10.1. The first-order chi connectivity index (χ1) is 9.04. The molecule has 3 nitrogen and oxygen atoms in total. The molecule has 0 aliphatic carbocycles. The molecule has 1 aromatic rings. The minimum absolute atomic E-state index is 0.531. The highest BCUT2D eigenvalue weighted by Gasteiger charge is 2.21. The van der Waals surface area contributed by atoms with E-state index in [1.165, 1.54) is 5.69 Å². The van der Waals surface area contributed by atoms with E-state index in [1.807, 2.05) is 0 Å². The lowest BCUT2D eigenvalue weighted by Crippen LogP contribution is -2.44. The van der Waals surface area contributed by atoms with Crippen LogP contribution in [0.3, 0.4) is 0 Å². The summed E-state index contributed by atoms with van der Waals surface area (Å²) < 4.78 is 1.14. The van der Waals surface area contributed by atoms with Crippen molar-refractivity contribution in [2.45, 2.75) is 13.0 Å². The third-order valence-electron chi connectivity index (χ3n) is 3.51. The van der Waals surface area contributed by atoms with E-state index >= 15 is 0 Å². The van der Waals surface area contributed by atoms with Crippen LogP contribution in [0.4, 0.5) is 5.69 Å². The normalized spacial score (nSPS) is 24.6. The maximum absolute atomic E-state index is 3.68. The van der Waals surface area contributed by atoms with Crippen molar-refractivity contribution in [1.29, 1.82) is 0 Å². The Labute approximate surface area is 125 Å². The van der Waals surface area contributed by atoms with Crippen molar-refractivity contribution in [2.24, 2.45) is 5.92 Å². The molecule has 0 bridgehead atoms. The second-order valence-corrected chi connectivity index (χ2v) is 6.77. The second kappa shape index (κ2) is 6.73. The van der Waals surface area contributed by atoms with E-state index in [0.29, 0.717) is 12.0 Å². The van der Waals surface area contributed by atoms with Gasteiger partial charge in [0.15, 0.2) is 0 Å². The number of hydrogen-bond donors (Lipinski definition) is 1. The van der Waals surface area contributed by atoms with Crippen molar-refractivity contribution in [1.82, 2.24) is 10.2 Å². The van der Waals surface area contributed by atoms with Gasteiger partial charge in [0, 0.05) is 35.8 Å². The van der Waals surface area contributed by atoms with Gasteiger partial charge in [-0.15, -0.1) is 0 Å². The minimum atomic E-state index is 0.531. The standard InChI is InChI=1S/C15H24BrN3/c1-12-8-17-14(10-18(2)3)11-19(9-12)15-6-4-13(16)5-7-15/h4-7,12,14,17H,8-11H2,1-3H3. The molecule has 2 rings (SSSR count). The smallest absolute Gasteiger partial charge is 0.0371 e. The molecule has 0 radical (unpaired) electrons. The van der Waals surface area contributed by atoms with Crippen LogP contribution in [0.15, 0.2) is 28.7 Å². The summed E-state index contributed by atoms with van der Waals surface area (Å²) in [5, 5.41) is 3.68. The van der Waals surface area contributed by atoms with Gasteiger partial charge in [0.25, 0.3) is 0 Å². The fraction of sp³-hybridized carbons (Fsp3) is 0.600. The van der Waals surface area contributed by atoms with Crippen molar-refractivity contribution in [2.75, 3.05) is 45.2 Å². The number of nitrogens with zero attached hydrogens (tertiary/aromatic N) is 2. The first-order valence-electron chi connectivity index (χ1n) is 6.93. The van der Waals surface area contributed by atoms with Crippen molar-refractivity contribution in [3.05, 3.63) is 28.7 Å². The van der Waals surface area contributed by atoms with Gasteiger partial charge in [-0.05, 0) is 50.8 Å². The van der Waals surface area contributed by atoms with Crippen LogP contribution in [0.5, 0.6) is 0 Å². The van der Waals surface area contributed by atoms with Crippen molar-refractivity contribution >= 4 is 21.6 Å². The molecule has 106 valence electrons. The molecule has 4 heteroatoms. The molecule has 1 aromatic carbocycles. The average molecular weight is 326 g/mol. The van der Waals surface area contributed by atoms with Crippen molar-refractivity contribution in [3.63, 3.8) is 0 Å². The predicted octanol–water partition coefficient (Wildman–Crippen LogP) is 2.43. The maximum Gasteiger partial charge on any atom is 0.0371 e. The first kappa shape index (κ1) is 14.8. The van der Waals surface area contributed by atoms with E-state index in [1.54, 1.807) is 0 Å². The molecular weight excluding hydrogens is 302 g/mol. The van der Waals surface area contributed by atoms with E-state index in [9.17, 15) is 0 Å². The molecule has 1 aliphatic heterocycles. The minimum Gasteiger partial charge on any atom is -0.370 e. The van der Waals surface area contributed by atoms with Crippen LogP contribution in [0.1, 0.15) is 6.92 Å². The molecule has 1 fully saturated rings. The summed E-state index contributed by atoms with van der Waals surface area (Å²) >= 11 is 3.50. The molecule has 1 saturated heterocycles. The number of anilines is 1. The Hall–Kier alpha value is -0.580.